The minimum Gasteiger partial charge on any atom is -0.756 e. The average molecular weight is 1030 g/mol. The first-order valence-electron chi connectivity index (χ1n) is 29.7. The highest BCUT2D eigenvalue weighted by Crippen LogP contribution is 2.38. The van der Waals surface area contributed by atoms with E-state index in [1.165, 1.54) is 141 Å². The van der Waals surface area contributed by atoms with Gasteiger partial charge in [-0.2, -0.15) is 0 Å². The molecule has 0 saturated heterocycles. The third-order valence-electron chi connectivity index (χ3n) is 12.9. The van der Waals surface area contributed by atoms with Crippen LogP contribution >= 0.6 is 7.82 Å². The smallest absolute Gasteiger partial charge is 0.306 e. The molecular formula is C62H113N2O7P. The molecule has 1 amide bonds. The van der Waals surface area contributed by atoms with Crippen molar-refractivity contribution in [2.24, 2.45) is 0 Å². The van der Waals surface area contributed by atoms with Crippen LogP contribution in [0.25, 0.3) is 0 Å². The van der Waals surface area contributed by atoms with E-state index in [4.69, 9.17) is 13.8 Å². The molecule has 0 saturated carbocycles. The molecule has 0 aromatic rings. The van der Waals surface area contributed by atoms with E-state index in [1.54, 1.807) is 0 Å². The summed E-state index contributed by atoms with van der Waals surface area (Å²) in [6.07, 6.45) is 65.9. The molecule has 0 fully saturated rings. The summed E-state index contributed by atoms with van der Waals surface area (Å²) in [6, 6.07) is -0.911. The summed E-state index contributed by atoms with van der Waals surface area (Å²) in [5, 5.41) is 3.01. The molecule has 0 aliphatic rings. The first kappa shape index (κ1) is 69.5. The maximum Gasteiger partial charge on any atom is 0.306 e. The van der Waals surface area contributed by atoms with Gasteiger partial charge in [0.15, 0.2) is 0 Å². The third-order valence-corrected chi connectivity index (χ3v) is 13.9. The number of phosphoric ester groups is 1. The Morgan fingerprint density at radius 3 is 1.35 bits per heavy atom. The van der Waals surface area contributed by atoms with Crippen LogP contribution in [0.3, 0.4) is 0 Å². The third kappa shape index (κ3) is 52.3. The number of carbonyl (C=O) groups is 2. The number of rotatable bonds is 53. The number of hydrogen-bond acceptors (Lipinski definition) is 7. The molecule has 0 aliphatic heterocycles. The number of nitrogens with zero attached hydrogens (tertiary/aromatic N) is 1. The monoisotopic (exact) mass is 1030 g/mol. The maximum atomic E-state index is 13.5. The van der Waals surface area contributed by atoms with Crippen molar-refractivity contribution in [1.82, 2.24) is 5.32 Å². The number of likely N-dealkylation sites (N-methyl/N-ethyl adjacent to an activating group) is 1. The molecule has 10 heteroatoms. The van der Waals surface area contributed by atoms with E-state index in [1.807, 2.05) is 33.3 Å². The van der Waals surface area contributed by atoms with E-state index in [0.717, 1.165) is 77.0 Å². The first-order valence-corrected chi connectivity index (χ1v) is 31.2. The zero-order chi connectivity index (χ0) is 52.9. The molecule has 0 aliphatic carbocycles. The van der Waals surface area contributed by atoms with Gasteiger partial charge in [0.1, 0.15) is 19.3 Å². The Hall–Kier alpha value is -2.55. The minimum atomic E-state index is -4.71. The lowest BCUT2D eigenvalue weighted by molar-refractivity contribution is -0.870. The number of esters is 1. The predicted molar refractivity (Wildman–Crippen MR) is 307 cm³/mol. The van der Waals surface area contributed by atoms with Crippen LogP contribution in [0.5, 0.6) is 0 Å². The van der Waals surface area contributed by atoms with Gasteiger partial charge in [-0.05, 0) is 70.3 Å². The summed E-state index contributed by atoms with van der Waals surface area (Å²) < 4.78 is 30.2. The number of phosphoric acid groups is 1. The Balaban J connectivity index is 5.39. The lowest BCUT2D eigenvalue weighted by atomic mass is 10.0. The van der Waals surface area contributed by atoms with Crippen molar-refractivity contribution in [1.29, 1.82) is 0 Å². The summed E-state index contributed by atoms with van der Waals surface area (Å²) in [7, 11) is 1.15. The predicted octanol–water partition coefficient (Wildman–Crippen LogP) is 17.4. The van der Waals surface area contributed by atoms with Crippen molar-refractivity contribution in [3.8, 4) is 0 Å². The molecule has 72 heavy (non-hydrogen) atoms. The number of nitrogens with one attached hydrogen (secondary N) is 1. The SMILES string of the molecule is CC/C=C\C/C=C\C/C=C\C/C=C\C/C=C\CCCC(=O)OC(/C=C/CCCCCCCCCCCC)C(COP(=O)([O-])OCC[N+](C)(C)C)NC(=O)CCCCCCCCCCCCCCCCCCC. The minimum absolute atomic E-state index is 0.0321. The molecule has 9 nitrogen and oxygen atoms in total. The van der Waals surface area contributed by atoms with E-state index in [0.29, 0.717) is 23.9 Å². The van der Waals surface area contributed by atoms with Crippen molar-refractivity contribution in [2.75, 3.05) is 40.9 Å². The second-order valence-electron chi connectivity index (χ2n) is 21.1. The van der Waals surface area contributed by atoms with Crippen LogP contribution in [-0.4, -0.2) is 69.4 Å². The van der Waals surface area contributed by atoms with Crippen molar-refractivity contribution in [3.05, 3.63) is 72.9 Å². The van der Waals surface area contributed by atoms with Crippen LogP contribution < -0.4 is 10.2 Å². The second kappa shape index (κ2) is 51.9. The van der Waals surface area contributed by atoms with E-state index in [-0.39, 0.29) is 18.9 Å². The Morgan fingerprint density at radius 2 is 0.903 bits per heavy atom. The quantitative estimate of drug-likeness (QED) is 0.0212. The van der Waals surface area contributed by atoms with Crippen molar-refractivity contribution >= 4 is 19.7 Å². The molecule has 0 rings (SSSR count). The topological polar surface area (TPSA) is 114 Å². The molecule has 0 aromatic carbocycles. The molecule has 3 atom stereocenters. The van der Waals surface area contributed by atoms with E-state index in [2.05, 4.69) is 86.8 Å². The standard InChI is InChI=1S/C62H113N2O7P/c1-7-10-13-16-19-22-25-28-30-32-34-36-39-42-45-48-51-54-61(65)63-59(58-70-72(67,68)69-57-56-64(4,5)6)60(53-50-47-44-41-38-27-24-21-18-15-12-9-3)71-62(66)55-52-49-46-43-40-37-35-33-31-29-26-23-20-17-14-11-8-2/h11,14,20,23,29,31,35,37,43,46,50,53,59-60H,7-10,12-13,15-19,21-22,24-28,30,32-34,36,38-42,44-45,47-49,51-52,54-58H2,1-6H3,(H-,63,65,67,68)/b14-11-,23-20-,31-29-,37-35-,46-43-,53-50+. The van der Waals surface area contributed by atoms with Gasteiger partial charge in [0.2, 0.25) is 5.91 Å². The van der Waals surface area contributed by atoms with Gasteiger partial charge in [-0.1, -0.05) is 248 Å². The highest BCUT2D eigenvalue weighted by atomic mass is 31.2. The van der Waals surface area contributed by atoms with Gasteiger partial charge in [0, 0.05) is 12.8 Å². The van der Waals surface area contributed by atoms with Gasteiger partial charge < -0.3 is 28.5 Å². The van der Waals surface area contributed by atoms with Gasteiger partial charge in [-0.15, -0.1) is 0 Å². The number of allylic oxidation sites excluding steroid dienone is 11. The zero-order valence-corrected chi connectivity index (χ0v) is 48.5. The normalized spacial score (nSPS) is 14.3. The number of carbonyl (C=O) groups excluding carboxylic acids is 2. The second-order valence-corrected chi connectivity index (χ2v) is 22.5. The van der Waals surface area contributed by atoms with Crippen LogP contribution in [0.15, 0.2) is 72.9 Å². The Morgan fingerprint density at radius 1 is 0.500 bits per heavy atom. The van der Waals surface area contributed by atoms with Gasteiger partial charge in [-0.25, -0.2) is 0 Å². The Bertz CT molecular complexity index is 1460. The lowest BCUT2D eigenvalue weighted by Crippen LogP contribution is -2.47. The van der Waals surface area contributed by atoms with Crippen molar-refractivity contribution < 1.29 is 37.3 Å². The number of amides is 1. The molecule has 418 valence electrons. The zero-order valence-electron chi connectivity index (χ0n) is 47.6. The molecule has 0 bridgehead atoms. The molecule has 0 aromatic heterocycles. The highest BCUT2D eigenvalue weighted by molar-refractivity contribution is 7.45. The van der Waals surface area contributed by atoms with E-state index < -0.39 is 32.5 Å². The first-order chi connectivity index (χ1) is 34.9. The summed E-state index contributed by atoms with van der Waals surface area (Å²) in [4.78, 5) is 39.9. The lowest BCUT2D eigenvalue weighted by Gasteiger charge is -2.30. The number of quaternary nitrogens is 1. The van der Waals surface area contributed by atoms with Crippen LogP contribution in [-0.2, 0) is 27.9 Å². The average Bonchev–Trinajstić information content (AvgIpc) is 3.34. The van der Waals surface area contributed by atoms with Crippen molar-refractivity contribution in [2.45, 2.75) is 270 Å². The highest BCUT2D eigenvalue weighted by Gasteiger charge is 2.27. The van der Waals surface area contributed by atoms with Crippen LogP contribution in [0.4, 0.5) is 0 Å². The number of hydrogen-bond donors (Lipinski definition) is 1. The Labute approximate surface area is 444 Å². The molecule has 0 heterocycles. The van der Waals surface area contributed by atoms with E-state index in [9.17, 15) is 19.0 Å². The maximum absolute atomic E-state index is 13.5. The Kier molecular flexibility index (Phi) is 50.1. The molecular weight excluding hydrogens is 916 g/mol. The van der Waals surface area contributed by atoms with Gasteiger partial charge in [-0.3, -0.25) is 14.2 Å². The van der Waals surface area contributed by atoms with E-state index >= 15 is 0 Å². The van der Waals surface area contributed by atoms with Crippen molar-refractivity contribution in [3.63, 3.8) is 0 Å². The van der Waals surface area contributed by atoms with Gasteiger partial charge >= 0.3 is 5.97 Å². The van der Waals surface area contributed by atoms with Gasteiger partial charge in [0.05, 0.1) is 33.8 Å². The molecule has 0 spiro atoms. The molecule has 1 N–H and O–H groups in total. The van der Waals surface area contributed by atoms with Crippen LogP contribution in [0.2, 0.25) is 0 Å². The summed E-state index contributed by atoms with van der Waals surface area (Å²) in [6.45, 7) is 6.70. The number of ether oxygens (including phenoxy) is 1. The van der Waals surface area contributed by atoms with Crippen LogP contribution in [0, 0.1) is 0 Å². The molecule has 0 radical (unpaired) electrons. The summed E-state index contributed by atoms with van der Waals surface area (Å²) >= 11 is 0. The van der Waals surface area contributed by atoms with Crippen LogP contribution in [0.1, 0.15) is 258 Å². The molecule has 3 unspecified atom stereocenters. The van der Waals surface area contributed by atoms with Gasteiger partial charge in [0.25, 0.3) is 7.82 Å². The summed E-state index contributed by atoms with van der Waals surface area (Å²) in [5.74, 6) is -0.605. The fourth-order valence-corrected chi connectivity index (χ4v) is 9.05. The largest absolute Gasteiger partial charge is 0.756 e. The fraction of sp³-hybridized carbons (Fsp3) is 0.774. The fourth-order valence-electron chi connectivity index (χ4n) is 8.32. The summed E-state index contributed by atoms with van der Waals surface area (Å²) in [5.41, 5.74) is 0. The number of unbranched alkanes of at least 4 members (excludes halogenated alkanes) is 27.